The van der Waals surface area contributed by atoms with Gasteiger partial charge in [-0.15, -0.1) is 0 Å². The van der Waals surface area contributed by atoms with Crippen molar-refractivity contribution in [2.75, 3.05) is 39.6 Å². The maximum Gasteiger partial charge on any atom is 0.549 e. The minimum Gasteiger partial charge on any atom is -0.432 e. The Labute approximate surface area is 736 Å². The third-order valence-electron chi connectivity index (χ3n) is 21.0. The highest BCUT2D eigenvalue weighted by atomic mass is 17.3. The number of carbonyl (C=O) groups excluding carboxylic acids is 12. The second kappa shape index (κ2) is 61.2. The number of carbonyl (C=O) groups is 12. The number of rotatable bonds is 53. The van der Waals surface area contributed by atoms with E-state index >= 15 is 0 Å². The molecule has 686 valence electrons. The van der Waals surface area contributed by atoms with Gasteiger partial charge in [-0.25, -0.2) is 87.4 Å². The first kappa shape index (κ1) is 103. The van der Waals surface area contributed by atoms with Crippen LogP contribution in [0.4, 0.5) is 28.8 Å². The number of hydrogen-bond donors (Lipinski definition) is 0. The average molecular weight is 1760 g/mol. The van der Waals surface area contributed by atoms with Crippen LogP contribution in [0.3, 0.4) is 0 Å². The molecule has 30 nitrogen and oxygen atoms in total. The van der Waals surface area contributed by atoms with Gasteiger partial charge in [0, 0.05) is 23.7 Å². The standard InChI is InChI=1S/C96H122O30/c1-7-13-19-25-31-69-37-49-75(50-38-69)85(97)115-121-91(103)109-63-61-81(65-111-93(105)123-117-87(99)77-53-41-71(42-54-77)33-27-21-15-9-3)83(67-113-95(107)125-119-89(101)79-57-45-73(46-58-79)35-29-23-17-11-5)84(68-114-96(108)126-120-90(102)80-59-47-74(48-60-80)36-30-24-18-12-6)82(66-112-94(106)124-118-88(100)78-55-43-72(44-56-78)34-28-22-16-10-4)62-64-110-92(104)122-116-86(98)76-51-39-70(40-52-76)32-26-20-14-8-2/h37-60,81-84H,7-36,61-68H2,1-6H3. The van der Waals surface area contributed by atoms with E-state index in [1.54, 1.807) is 72.8 Å². The van der Waals surface area contributed by atoms with E-state index in [4.69, 9.17) is 87.1 Å². The molecule has 0 fully saturated rings. The van der Waals surface area contributed by atoms with E-state index in [1.165, 1.54) is 72.8 Å². The van der Waals surface area contributed by atoms with E-state index in [-0.39, 0.29) is 33.4 Å². The second-order valence-corrected chi connectivity index (χ2v) is 30.6. The van der Waals surface area contributed by atoms with Crippen molar-refractivity contribution >= 4 is 72.7 Å². The zero-order chi connectivity index (χ0) is 90.7. The smallest absolute Gasteiger partial charge is 0.432 e. The Balaban J connectivity index is 1.39. The molecule has 0 spiro atoms. The second-order valence-electron chi connectivity index (χ2n) is 30.6. The number of unbranched alkanes of at least 4 members (excludes halogenated alkanes) is 18. The van der Waals surface area contributed by atoms with E-state index in [9.17, 15) is 57.5 Å². The van der Waals surface area contributed by atoms with Gasteiger partial charge in [0.15, 0.2) is 0 Å². The Kier molecular flexibility index (Phi) is 49.8. The molecular formula is C96H122O30. The molecule has 0 amide bonds. The Bertz CT molecular complexity index is 3950. The van der Waals surface area contributed by atoms with Gasteiger partial charge in [-0.1, -0.05) is 230 Å². The Morgan fingerprint density at radius 3 is 0.540 bits per heavy atom. The van der Waals surface area contributed by atoms with Gasteiger partial charge < -0.3 is 28.4 Å². The molecule has 0 aromatic heterocycles. The summed E-state index contributed by atoms with van der Waals surface area (Å²) in [5.41, 5.74) is 5.43. The van der Waals surface area contributed by atoms with Crippen LogP contribution in [0.25, 0.3) is 0 Å². The predicted octanol–water partition coefficient (Wildman–Crippen LogP) is 22.5. The molecule has 0 saturated carbocycles. The largest absolute Gasteiger partial charge is 0.549 e. The zero-order valence-electron chi connectivity index (χ0n) is 73.3. The van der Waals surface area contributed by atoms with Crippen LogP contribution in [0.1, 0.15) is 304 Å². The summed E-state index contributed by atoms with van der Waals surface area (Å²) >= 11 is 0. The fourth-order valence-electron chi connectivity index (χ4n) is 13.6. The quantitative estimate of drug-likeness (QED) is 0.0112. The summed E-state index contributed by atoms with van der Waals surface area (Å²) in [6, 6.07) is 38.1. The van der Waals surface area contributed by atoms with E-state index < -0.39 is 149 Å². The Morgan fingerprint density at radius 1 is 0.198 bits per heavy atom. The van der Waals surface area contributed by atoms with E-state index in [0.29, 0.717) is 0 Å². The van der Waals surface area contributed by atoms with Gasteiger partial charge in [0.25, 0.3) is 0 Å². The molecule has 0 aliphatic rings. The molecule has 0 radical (unpaired) electrons. The molecule has 4 atom stereocenters. The summed E-state index contributed by atoms with van der Waals surface area (Å²) < 4.78 is 33.4. The lowest BCUT2D eigenvalue weighted by Gasteiger charge is -2.36. The van der Waals surface area contributed by atoms with Crippen molar-refractivity contribution in [3.8, 4) is 0 Å². The first-order valence-corrected chi connectivity index (χ1v) is 44.1. The van der Waals surface area contributed by atoms with Crippen LogP contribution in [0.5, 0.6) is 0 Å². The average Bonchev–Trinajstić information content (AvgIpc) is 0.736. The van der Waals surface area contributed by atoms with Gasteiger partial charge in [-0.05, 0) is 196 Å². The van der Waals surface area contributed by atoms with Crippen LogP contribution in [0, 0.1) is 23.7 Å². The van der Waals surface area contributed by atoms with Gasteiger partial charge in [-0.2, -0.15) is 28.8 Å². The highest BCUT2D eigenvalue weighted by molar-refractivity contribution is 5.92. The van der Waals surface area contributed by atoms with Crippen molar-refractivity contribution in [3.05, 3.63) is 212 Å². The minimum absolute atomic E-state index is 0.00441. The van der Waals surface area contributed by atoms with Crippen LogP contribution in [0.15, 0.2) is 146 Å². The molecule has 6 aromatic carbocycles. The lowest BCUT2D eigenvalue weighted by atomic mass is 9.74. The third kappa shape index (κ3) is 41.5. The van der Waals surface area contributed by atoms with E-state index in [1.807, 2.05) is 0 Å². The van der Waals surface area contributed by atoms with Crippen LogP contribution >= 0.6 is 0 Å². The monoisotopic (exact) mass is 1750 g/mol. The molecule has 0 bridgehead atoms. The lowest BCUT2D eigenvalue weighted by Crippen LogP contribution is -2.41. The Hall–Kier alpha value is -12.2. The van der Waals surface area contributed by atoms with Crippen LogP contribution < -0.4 is 0 Å². The minimum atomic E-state index is -1.73. The molecule has 126 heavy (non-hydrogen) atoms. The molecular weight excluding hydrogens is 1630 g/mol. The van der Waals surface area contributed by atoms with Crippen molar-refractivity contribution in [2.24, 2.45) is 23.7 Å². The van der Waals surface area contributed by atoms with Crippen molar-refractivity contribution in [3.63, 3.8) is 0 Å². The van der Waals surface area contributed by atoms with Gasteiger partial charge in [-0.3, -0.25) is 0 Å². The van der Waals surface area contributed by atoms with Gasteiger partial charge in [0.2, 0.25) is 0 Å². The lowest BCUT2D eigenvalue weighted by molar-refractivity contribution is -0.212. The summed E-state index contributed by atoms with van der Waals surface area (Å²) in [7, 11) is 0. The number of hydrogen-bond acceptors (Lipinski definition) is 30. The highest BCUT2D eigenvalue weighted by Crippen LogP contribution is 2.35. The fourth-order valence-corrected chi connectivity index (χ4v) is 13.6. The number of benzene rings is 6. The molecule has 30 heteroatoms. The fraction of sp³-hybridized carbons (Fsp3) is 0.500. The molecule has 0 N–H and O–H groups in total. The summed E-state index contributed by atoms with van der Waals surface area (Å²) in [6.45, 7) is 6.86. The molecule has 0 aliphatic carbocycles. The topological polar surface area (TPSA) is 371 Å². The Morgan fingerprint density at radius 2 is 0.365 bits per heavy atom. The normalized spacial score (nSPS) is 11.8. The zero-order valence-corrected chi connectivity index (χ0v) is 73.3. The maximum atomic E-state index is 14.0. The molecule has 4 unspecified atom stereocenters. The van der Waals surface area contributed by atoms with Gasteiger partial charge in [0.05, 0.1) is 73.0 Å². The van der Waals surface area contributed by atoms with Crippen LogP contribution in [-0.2, 0) is 126 Å². The van der Waals surface area contributed by atoms with Gasteiger partial charge in [0.1, 0.15) is 0 Å². The van der Waals surface area contributed by atoms with E-state index in [0.717, 1.165) is 226 Å². The molecule has 0 heterocycles. The number of aryl methyl sites for hydroxylation is 6. The maximum absolute atomic E-state index is 14.0. The third-order valence-corrected chi connectivity index (χ3v) is 21.0. The van der Waals surface area contributed by atoms with Crippen molar-refractivity contribution in [1.82, 2.24) is 0 Å². The molecule has 6 rings (SSSR count). The summed E-state index contributed by atoms with van der Waals surface area (Å²) in [5.74, 6) is -13.2. The predicted molar refractivity (Wildman–Crippen MR) is 456 cm³/mol. The summed E-state index contributed by atoms with van der Waals surface area (Å²) in [5, 5.41) is 0. The first-order valence-electron chi connectivity index (χ1n) is 44.1. The first-order chi connectivity index (χ1) is 61.2. The van der Waals surface area contributed by atoms with E-state index in [2.05, 4.69) is 41.5 Å². The summed E-state index contributed by atoms with van der Waals surface area (Å²) in [6.07, 6.45) is 17.1. The van der Waals surface area contributed by atoms with Gasteiger partial charge >= 0.3 is 72.7 Å². The van der Waals surface area contributed by atoms with Crippen molar-refractivity contribution in [1.29, 1.82) is 0 Å². The van der Waals surface area contributed by atoms with Crippen molar-refractivity contribution < 1.29 is 145 Å². The molecule has 0 aliphatic heterocycles. The highest BCUT2D eigenvalue weighted by Gasteiger charge is 2.40. The molecule has 0 saturated heterocycles. The van der Waals surface area contributed by atoms with Crippen LogP contribution in [0.2, 0.25) is 0 Å². The van der Waals surface area contributed by atoms with Crippen molar-refractivity contribution in [2.45, 2.75) is 247 Å². The summed E-state index contributed by atoms with van der Waals surface area (Å²) in [4.78, 5) is 222. The van der Waals surface area contributed by atoms with Crippen LogP contribution in [-0.4, -0.2) is 112 Å². The SMILES string of the molecule is CCCCCCc1ccc(C(=O)OOC(=O)OCCC(COC(=O)OOC(=O)c2ccc(CCCCCC)cc2)C(COC(=O)OOC(=O)c2ccc(CCCCCC)cc2)C(COC(=O)OOC(=O)c2ccc(CCCCCC)cc2)C(CCOC(=O)OOC(=O)c2ccc(CCCCCC)cc2)COC(=O)OOC(=O)c2ccc(CCCCCC)cc2)cc1. The molecule has 6 aromatic rings. The number of ether oxygens (including phenoxy) is 6.